The molecule has 28 heavy (non-hydrogen) atoms. The van der Waals surface area contributed by atoms with Crippen molar-refractivity contribution in [1.29, 1.82) is 5.26 Å². The Morgan fingerprint density at radius 2 is 2.14 bits per heavy atom. The number of nitrogens with one attached hydrogen (secondary N) is 2. The van der Waals surface area contributed by atoms with Crippen molar-refractivity contribution >= 4 is 56.1 Å². The molecule has 0 bridgehead atoms. The largest absolute Gasteiger partial charge is 0.338 e. The molecule has 3 heterocycles. The molecule has 1 amide bonds. The Bertz CT molecular complexity index is 1270. The summed E-state index contributed by atoms with van der Waals surface area (Å²) in [5.74, 6) is -0.0772. The van der Waals surface area contributed by atoms with Crippen LogP contribution in [0.5, 0.6) is 0 Å². The maximum Gasteiger partial charge on any atom is 0.235 e. The summed E-state index contributed by atoms with van der Waals surface area (Å²) in [6, 6.07) is 8.21. The molecule has 0 radical (unpaired) electrons. The lowest BCUT2D eigenvalue weighted by atomic mass is 10.2. The Morgan fingerprint density at radius 1 is 1.32 bits per heavy atom. The van der Waals surface area contributed by atoms with E-state index in [0.717, 1.165) is 32.4 Å². The van der Waals surface area contributed by atoms with Crippen LogP contribution >= 0.6 is 23.1 Å². The van der Waals surface area contributed by atoms with Crippen LogP contribution < -0.4 is 5.32 Å². The molecule has 0 aliphatic carbocycles. The molecule has 0 atom stereocenters. The zero-order valence-electron chi connectivity index (χ0n) is 15.5. The highest BCUT2D eigenvalue weighted by Crippen LogP contribution is 2.32. The number of aromatic amines is 1. The summed E-state index contributed by atoms with van der Waals surface area (Å²) in [5.41, 5.74) is 4.89. The van der Waals surface area contributed by atoms with Gasteiger partial charge in [-0.15, -0.1) is 21.5 Å². The number of aromatic nitrogens is 4. The van der Waals surface area contributed by atoms with Crippen LogP contribution in [0.3, 0.4) is 0 Å². The Balaban J connectivity index is 1.49. The second-order valence-corrected chi connectivity index (χ2v) is 8.57. The number of thiophene rings is 1. The topological polar surface area (TPSA) is 107 Å². The van der Waals surface area contributed by atoms with Crippen LogP contribution in [-0.4, -0.2) is 31.8 Å². The second-order valence-electron chi connectivity index (χ2n) is 6.40. The van der Waals surface area contributed by atoms with Gasteiger partial charge >= 0.3 is 0 Å². The third-order valence-electron chi connectivity index (χ3n) is 4.43. The van der Waals surface area contributed by atoms with E-state index in [4.69, 9.17) is 0 Å². The first-order chi connectivity index (χ1) is 13.5. The molecule has 4 rings (SSSR count). The fourth-order valence-electron chi connectivity index (χ4n) is 2.87. The van der Waals surface area contributed by atoms with Crippen LogP contribution in [0.4, 0.5) is 5.00 Å². The second kappa shape index (κ2) is 7.22. The smallest absolute Gasteiger partial charge is 0.235 e. The van der Waals surface area contributed by atoms with Gasteiger partial charge < -0.3 is 10.3 Å². The number of fused-ring (bicyclic) bond motifs is 3. The minimum absolute atomic E-state index is 0.132. The van der Waals surface area contributed by atoms with Gasteiger partial charge in [-0.1, -0.05) is 23.4 Å². The number of thioether (sulfide) groups is 1. The molecule has 3 aromatic heterocycles. The van der Waals surface area contributed by atoms with Crippen molar-refractivity contribution in [1.82, 2.24) is 20.2 Å². The minimum atomic E-state index is -0.210. The highest BCUT2D eigenvalue weighted by Gasteiger charge is 2.16. The number of nitriles is 1. The Kier molecular flexibility index (Phi) is 4.75. The number of aryl methyl sites for hydroxylation is 2. The van der Waals surface area contributed by atoms with Gasteiger partial charge in [-0.3, -0.25) is 4.79 Å². The minimum Gasteiger partial charge on any atom is -0.338 e. The number of rotatable bonds is 4. The van der Waals surface area contributed by atoms with E-state index in [9.17, 15) is 10.1 Å². The van der Waals surface area contributed by atoms with Crippen LogP contribution in [0.1, 0.15) is 21.6 Å². The molecule has 0 saturated heterocycles. The molecule has 0 fully saturated rings. The van der Waals surface area contributed by atoms with Gasteiger partial charge in [0.2, 0.25) is 11.1 Å². The van der Waals surface area contributed by atoms with Crippen molar-refractivity contribution < 1.29 is 4.79 Å². The predicted molar refractivity (Wildman–Crippen MR) is 112 cm³/mol. The lowest BCUT2D eigenvalue weighted by molar-refractivity contribution is -0.113. The SMILES string of the molecule is Cc1ccc2[nH]c3nc(SCC(=O)Nc4sc(C)c(C)c4C#N)nnc3c2c1. The van der Waals surface area contributed by atoms with E-state index < -0.39 is 0 Å². The summed E-state index contributed by atoms with van der Waals surface area (Å²) in [6.45, 7) is 5.84. The standard InChI is InChI=1S/C19H16N6OS2/c1-9-4-5-14-12(6-9)16-17(21-14)23-19(25-24-16)27-8-15(26)22-18-13(7-20)10(2)11(3)28-18/h4-6H,8H2,1-3H3,(H,22,26)(H,21,23,25). The van der Waals surface area contributed by atoms with Gasteiger partial charge in [-0.05, 0) is 38.5 Å². The molecule has 140 valence electrons. The van der Waals surface area contributed by atoms with Crippen LogP contribution in [0.25, 0.3) is 22.1 Å². The molecule has 0 aliphatic rings. The number of carbonyl (C=O) groups is 1. The van der Waals surface area contributed by atoms with Crippen LogP contribution in [0, 0.1) is 32.1 Å². The number of benzene rings is 1. The molecular formula is C19H16N6OS2. The first-order valence-corrected chi connectivity index (χ1v) is 10.3. The number of amides is 1. The Labute approximate surface area is 169 Å². The third kappa shape index (κ3) is 3.32. The number of hydrogen-bond acceptors (Lipinski definition) is 7. The summed E-state index contributed by atoms with van der Waals surface area (Å²) >= 11 is 2.61. The summed E-state index contributed by atoms with van der Waals surface area (Å²) in [5, 5.41) is 22.5. The quantitative estimate of drug-likeness (QED) is 0.492. The van der Waals surface area contributed by atoms with E-state index in [-0.39, 0.29) is 11.7 Å². The molecule has 9 heteroatoms. The van der Waals surface area contributed by atoms with Gasteiger partial charge in [0.15, 0.2) is 5.65 Å². The fourth-order valence-corrected chi connectivity index (χ4v) is 4.49. The lowest BCUT2D eigenvalue weighted by Crippen LogP contribution is -2.14. The van der Waals surface area contributed by atoms with E-state index in [0.29, 0.717) is 21.4 Å². The van der Waals surface area contributed by atoms with Crippen LogP contribution in [-0.2, 0) is 4.79 Å². The summed E-state index contributed by atoms with van der Waals surface area (Å²) in [7, 11) is 0. The van der Waals surface area contributed by atoms with E-state index in [2.05, 4.69) is 31.6 Å². The van der Waals surface area contributed by atoms with Crippen molar-refractivity contribution in [3.63, 3.8) is 0 Å². The zero-order chi connectivity index (χ0) is 19.8. The van der Waals surface area contributed by atoms with Crippen molar-refractivity contribution in [2.45, 2.75) is 25.9 Å². The van der Waals surface area contributed by atoms with Crippen molar-refractivity contribution in [2.24, 2.45) is 0 Å². The molecule has 0 unspecified atom stereocenters. The van der Waals surface area contributed by atoms with E-state index in [1.165, 1.54) is 23.1 Å². The summed E-state index contributed by atoms with van der Waals surface area (Å²) < 4.78 is 0. The highest BCUT2D eigenvalue weighted by molar-refractivity contribution is 7.99. The summed E-state index contributed by atoms with van der Waals surface area (Å²) in [6.07, 6.45) is 0. The average molecular weight is 409 g/mol. The summed E-state index contributed by atoms with van der Waals surface area (Å²) in [4.78, 5) is 21.0. The number of anilines is 1. The number of nitrogens with zero attached hydrogens (tertiary/aromatic N) is 4. The maximum absolute atomic E-state index is 12.3. The first kappa shape index (κ1) is 18.4. The van der Waals surface area contributed by atoms with E-state index in [1.807, 2.05) is 39.0 Å². The number of hydrogen-bond donors (Lipinski definition) is 2. The molecule has 1 aromatic carbocycles. The third-order valence-corrected chi connectivity index (χ3v) is 6.39. The number of H-pyrrole nitrogens is 1. The molecule has 0 spiro atoms. The fraction of sp³-hybridized carbons (Fsp3) is 0.211. The molecule has 7 nitrogen and oxygen atoms in total. The van der Waals surface area contributed by atoms with Gasteiger partial charge in [-0.25, -0.2) is 4.98 Å². The van der Waals surface area contributed by atoms with E-state index in [1.54, 1.807) is 0 Å². The van der Waals surface area contributed by atoms with Crippen molar-refractivity contribution in [3.05, 3.63) is 39.8 Å². The zero-order valence-corrected chi connectivity index (χ0v) is 17.1. The van der Waals surface area contributed by atoms with Crippen molar-refractivity contribution in [2.75, 3.05) is 11.1 Å². The number of carbonyl (C=O) groups excluding carboxylic acids is 1. The predicted octanol–water partition coefficient (Wildman–Crippen LogP) is 4.10. The monoisotopic (exact) mass is 408 g/mol. The highest BCUT2D eigenvalue weighted by atomic mass is 32.2. The van der Waals surface area contributed by atoms with Gasteiger partial charge in [0.25, 0.3) is 0 Å². The normalized spacial score (nSPS) is 11.1. The first-order valence-electron chi connectivity index (χ1n) is 8.51. The lowest BCUT2D eigenvalue weighted by Gasteiger charge is -2.02. The Morgan fingerprint density at radius 3 is 2.93 bits per heavy atom. The maximum atomic E-state index is 12.3. The van der Waals surface area contributed by atoms with Gasteiger partial charge in [-0.2, -0.15) is 5.26 Å². The molecule has 0 saturated carbocycles. The van der Waals surface area contributed by atoms with E-state index >= 15 is 0 Å². The van der Waals surface area contributed by atoms with Crippen LogP contribution in [0.15, 0.2) is 23.4 Å². The molecular weight excluding hydrogens is 392 g/mol. The van der Waals surface area contributed by atoms with Gasteiger partial charge in [0, 0.05) is 15.8 Å². The molecule has 0 aliphatic heterocycles. The van der Waals surface area contributed by atoms with Gasteiger partial charge in [0.1, 0.15) is 16.6 Å². The van der Waals surface area contributed by atoms with Gasteiger partial charge in [0.05, 0.1) is 11.3 Å². The van der Waals surface area contributed by atoms with Crippen LogP contribution in [0.2, 0.25) is 0 Å². The van der Waals surface area contributed by atoms with Crippen molar-refractivity contribution in [3.8, 4) is 6.07 Å². The molecule has 4 aromatic rings. The molecule has 2 N–H and O–H groups in total. The average Bonchev–Trinajstić information content (AvgIpc) is 3.16. The Hall–Kier alpha value is -2.96.